The fraction of sp³-hybridized carbons (Fsp3) is 0.800. The topological polar surface area (TPSA) is 43.4 Å². The maximum Gasteiger partial charge on any atom is 0.311 e. The standard InChI is InChI=1S/C10H17ClO3/c1-7(8(12)5-11)6-14-9(13)10(2,3)4/h7H,5-6H2,1-4H3. The molecule has 0 aliphatic carbocycles. The molecule has 0 fully saturated rings. The van der Waals surface area contributed by atoms with Crippen molar-refractivity contribution in [3.8, 4) is 0 Å². The fourth-order valence-corrected chi connectivity index (χ4v) is 0.905. The summed E-state index contributed by atoms with van der Waals surface area (Å²) < 4.78 is 4.97. The van der Waals surface area contributed by atoms with Crippen molar-refractivity contribution in [1.82, 2.24) is 0 Å². The molecule has 0 N–H and O–H groups in total. The molecule has 3 nitrogen and oxygen atoms in total. The van der Waals surface area contributed by atoms with E-state index in [-0.39, 0.29) is 30.2 Å². The minimum Gasteiger partial charge on any atom is -0.465 e. The van der Waals surface area contributed by atoms with E-state index in [1.807, 2.05) is 0 Å². The van der Waals surface area contributed by atoms with E-state index in [2.05, 4.69) is 0 Å². The zero-order valence-corrected chi connectivity index (χ0v) is 9.85. The maximum atomic E-state index is 11.3. The van der Waals surface area contributed by atoms with E-state index in [0.29, 0.717) is 0 Å². The largest absolute Gasteiger partial charge is 0.465 e. The van der Waals surface area contributed by atoms with Gasteiger partial charge in [-0.25, -0.2) is 0 Å². The molecule has 0 aliphatic rings. The number of esters is 1. The number of rotatable bonds is 4. The Hall–Kier alpha value is -0.570. The first-order chi connectivity index (χ1) is 6.29. The van der Waals surface area contributed by atoms with Crippen molar-refractivity contribution in [2.45, 2.75) is 27.7 Å². The Labute approximate surface area is 89.8 Å². The van der Waals surface area contributed by atoms with E-state index >= 15 is 0 Å². The van der Waals surface area contributed by atoms with Gasteiger partial charge in [0.15, 0.2) is 5.78 Å². The third-order valence-corrected chi connectivity index (χ3v) is 2.02. The average Bonchev–Trinajstić information content (AvgIpc) is 2.10. The summed E-state index contributed by atoms with van der Waals surface area (Å²) in [5.74, 6) is -0.757. The zero-order chi connectivity index (χ0) is 11.4. The lowest BCUT2D eigenvalue weighted by Crippen LogP contribution is -2.27. The van der Waals surface area contributed by atoms with Gasteiger partial charge in [0.05, 0.1) is 17.2 Å². The van der Waals surface area contributed by atoms with Crippen molar-refractivity contribution in [1.29, 1.82) is 0 Å². The Morgan fingerprint density at radius 1 is 1.36 bits per heavy atom. The molecule has 14 heavy (non-hydrogen) atoms. The molecule has 0 spiro atoms. The first-order valence-electron chi connectivity index (χ1n) is 4.55. The van der Waals surface area contributed by atoms with Gasteiger partial charge in [0.1, 0.15) is 6.61 Å². The minimum absolute atomic E-state index is 0.0335. The van der Waals surface area contributed by atoms with E-state index in [4.69, 9.17) is 16.3 Å². The van der Waals surface area contributed by atoms with Crippen molar-refractivity contribution in [2.75, 3.05) is 12.5 Å². The molecule has 0 aromatic heterocycles. The second-order valence-electron chi connectivity index (χ2n) is 4.35. The lowest BCUT2D eigenvalue weighted by molar-refractivity contribution is -0.154. The van der Waals surface area contributed by atoms with E-state index in [1.165, 1.54) is 0 Å². The van der Waals surface area contributed by atoms with Crippen molar-refractivity contribution in [3.63, 3.8) is 0 Å². The molecule has 0 radical (unpaired) electrons. The third-order valence-electron chi connectivity index (χ3n) is 1.76. The molecule has 0 aliphatic heterocycles. The first kappa shape index (κ1) is 13.4. The predicted octanol–water partition coefficient (Wildman–Crippen LogP) is 2.02. The van der Waals surface area contributed by atoms with Crippen LogP contribution in [0, 0.1) is 11.3 Å². The van der Waals surface area contributed by atoms with Crippen LogP contribution in [0.15, 0.2) is 0 Å². The number of carbonyl (C=O) groups excluding carboxylic acids is 2. The normalized spacial score (nSPS) is 13.5. The van der Waals surface area contributed by atoms with Crippen LogP contribution in [-0.2, 0) is 14.3 Å². The summed E-state index contributed by atoms with van der Waals surface area (Å²) in [5, 5.41) is 0. The molecule has 1 unspecified atom stereocenters. The monoisotopic (exact) mass is 220 g/mol. The predicted molar refractivity (Wildman–Crippen MR) is 55.3 cm³/mol. The third kappa shape index (κ3) is 4.61. The molecule has 0 aromatic rings. The second kappa shape index (κ2) is 5.35. The Morgan fingerprint density at radius 3 is 2.21 bits per heavy atom. The molecular weight excluding hydrogens is 204 g/mol. The van der Waals surface area contributed by atoms with Crippen LogP contribution in [0.25, 0.3) is 0 Å². The van der Waals surface area contributed by atoms with Crippen molar-refractivity contribution < 1.29 is 14.3 Å². The van der Waals surface area contributed by atoms with Gasteiger partial charge in [-0.15, -0.1) is 11.6 Å². The molecule has 0 heterocycles. The first-order valence-corrected chi connectivity index (χ1v) is 5.08. The number of hydrogen-bond donors (Lipinski definition) is 0. The number of halogens is 1. The van der Waals surface area contributed by atoms with Gasteiger partial charge in [0.2, 0.25) is 0 Å². The summed E-state index contributed by atoms with van der Waals surface area (Å²) >= 11 is 5.36. The summed E-state index contributed by atoms with van der Waals surface area (Å²) in [6.45, 7) is 7.11. The number of ether oxygens (including phenoxy) is 1. The molecule has 0 amide bonds. The number of carbonyl (C=O) groups is 2. The summed E-state index contributed by atoms with van der Waals surface area (Å²) in [6.07, 6.45) is 0. The van der Waals surface area contributed by atoms with Crippen LogP contribution in [0.1, 0.15) is 27.7 Å². The maximum absolute atomic E-state index is 11.3. The number of alkyl halides is 1. The number of ketones is 1. The van der Waals surface area contributed by atoms with Crippen LogP contribution in [-0.4, -0.2) is 24.2 Å². The molecular formula is C10H17ClO3. The molecule has 82 valence electrons. The van der Waals surface area contributed by atoms with Crippen molar-refractivity contribution in [2.24, 2.45) is 11.3 Å². The Morgan fingerprint density at radius 2 is 1.86 bits per heavy atom. The molecule has 1 atom stereocenters. The van der Waals surface area contributed by atoms with Crippen molar-refractivity contribution in [3.05, 3.63) is 0 Å². The lowest BCUT2D eigenvalue weighted by atomic mass is 9.97. The quantitative estimate of drug-likeness (QED) is 0.538. The summed E-state index contributed by atoms with van der Waals surface area (Å²) in [6, 6.07) is 0. The van der Waals surface area contributed by atoms with Gasteiger partial charge in [0, 0.05) is 0 Å². The Kier molecular flexibility index (Phi) is 5.13. The Bertz CT molecular complexity index is 218. The molecule has 0 rings (SSSR count). The highest BCUT2D eigenvalue weighted by atomic mass is 35.5. The second-order valence-corrected chi connectivity index (χ2v) is 4.62. The van der Waals surface area contributed by atoms with Gasteiger partial charge < -0.3 is 4.74 Å². The van der Waals surface area contributed by atoms with Gasteiger partial charge >= 0.3 is 5.97 Å². The van der Waals surface area contributed by atoms with Crippen molar-refractivity contribution >= 4 is 23.4 Å². The van der Waals surface area contributed by atoms with Crippen LogP contribution in [0.3, 0.4) is 0 Å². The lowest BCUT2D eigenvalue weighted by Gasteiger charge is -2.18. The van der Waals surface area contributed by atoms with E-state index in [9.17, 15) is 9.59 Å². The number of hydrogen-bond acceptors (Lipinski definition) is 3. The van der Waals surface area contributed by atoms with Crippen LogP contribution >= 0.6 is 11.6 Å². The molecule has 0 saturated heterocycles. The summed E-state index contributed by atoms with van der Waals surface area (Å²) in [4.78, 5) is 22.4. The molecule has 0 bridgehead atoms. The molecule has 0 saturated carbocycles. The zero-order valence-electron chi connectivity index (χ0n) is 9.09. The highest BCUT2D eigenvalue weighted by Crippen LogP contribution is 2.15. The van der Waals surface area contributed by atoms with Gasteiger partial charge in [-0.2, -0.15) is 0 Å². The van der Waals surface area contributed by atoms with Gasteiger partial charge in [-0.3, -0.25) is 9.59 Å². The van der Waals surface area contributed by atoms with Gasteiger partial charge in [-0.05, 0) is 20.8 Å². The van der Waals surface area contributed by atoms with Crippen LogP contribution in [0.5, 0.6) is 0 Å². The van der Waals surface area contributed by atoms with Crippen LogP contribution in [0.2, 0.25) is 0 Å². The fourth-order valence-electron chi connectivity index (χ4n) is 0.642. The average molecular weight is 221 g/mol. The summed E-state index contributed by atoms with van der Waals surface area (Å²) in [5.41, 5.74) is -0.524. The van der Waals surface area contributed by atoms with Crippen LogP contribution in [0.4, 0.5) is 0 Å². The SMILES string of the molecule is CC(COC(=O)C(C)(C)C)C(=O)CCl. The van der Waals surface area contributed by atoms with Gasteiger partial charge in [0.25, 0.3) is 0 Å². The molecule has 4 heteroatoms. The van der Waals surface area contributed by atoms with Gasteiger partial charge in [-0.1, -0.05) is 6.92 Å². The van der Waals surface area contributed by atoms with E-state index in [1.54, 1.807) is 27.7 Å². The van der Waals surface area contributed by atoms with Crippen LogP contribution < -0.4 is 0 Å². The Balaban J connectivity index is 3.96. The highest BCUT2D eigenvalue weighted by Gasteiger charge is 2.24. The molecule has 0 aromatic carbocycles. The number of Topliss-reactive ketones (excluding diaryl/α,β-unsaturated/α-hetero) is 1. The highest BCUT2D eigenvalue weighted by molar-refractivity contribution is 6.27. The minimum atomic E-state index is -0.524. The van der Waals surface area contributed by atoms with E-state index < -0.39 is 5.41 Å². The summed E-state index contributed by atoms with van der Waals surface area (Å²) in [7, 11) is 0. The smallest absolute Gasteiger partial charge is 0.311 e. The van der Waals surface area contributed by atoms with E-state index in [0.717, 1.165) is 0 Å².